The van der Waals surface area contributed by atoms with Gasteiger partial charge in [-0.25, -0.2) is 0 Å². The Morgan fingerprint density at radius 3 is 2.67 bits per heavy atom. The Kier molecular flexibility index (Phi) is 3.76. The molecule has 1 aromatic heterocycles. The van der Waals surface area contributed by atoms with Gasteiger partial charge in [0.1, 0.15) is 11.9 Å². The normalized spacial score (nSPS) is 21.8. The van der Waals surface area contributed by atoms with E-state index in [4.69, 9.17) is 22.1 Å². The lowest BCUT2D eigenvalue weighted by molar-refractivity contribution is 0.165. The number of benzene rings is 1. The molecule has 0 bridgehead atoms. The van der Waals surface area contributed by atoms with Gasteiger partial charge in [-0.3, -0.25) is 0 Å². The van der Waals surface area contributed by atoms with Crippen LogP contribution in [0.1, 0.15) is 54.7 Å². The van der Waals surface area contributed by atoms with Crippen molar-refractivity contribution >= 4 is 22.9 Å². The molecule has 0 fully saturated rings. The summed E-state index contributed by atoms with van der Waals surface area (Å²) in [5, 5.41) is 0.706. The summed E-state index contributed by atoms with van der Waals surface area (Å²) in [6, 6.07) is 10.0. The van der Waals surface area contributed by atoms with Crippen molar-refractivity contribution in [1.29, 1.82) is 0 Å². The summed E-state index contributed by atoms with van der Waals surface area (Å²) in [6.45, 7) is 6.69. The third-order valence-corrected chi connectivity index (χ3v) is 5.63. The first-order valence-electron chi connectivity index (χ1n) is 7.16. The minimum absolute atomic E-state index is 0.0300. The van der Waals surface area contributed by atoms with E-state index in [1.54, 1.807) is 0 Å². The van der Waals surface area contributed by atoms with Crippen LogP contribution in [0.4, 0.5) is 0 Å². The highest BCUT2D eigenvalue weighted by molar-refractivity contribution is 7.12. The fraction of sp³-hybridized carbons (Fsp3) is 0.412. The average molecular weight is 322 g/mol. The van der Waals surface area contributed by atoms with Gasteiger partial charge in [-0.1, -0.05) is 32.4 Å². The zero-order valence-corrected chi connectivity index (χ0v) is 14.1. The number of rotatable bonds is 1. The molecular formula is C17H20ClNOS. The van der Waals surface area contributed by atoms with Crippen LogP contribution in [0.5, 0.6) is 5.75 Å². The molecule has 1 aromatic carbocycles. The quantitative estimate of drug-likeness (QED) is 0.781. The molecule has 1 unspecified atom stereocenters. The van der Waals surface area contributed by atoms with Crippen LogP contribution in [0.2, 0.25) is 5.02 Å². The molecule has 2 N–H and O–H groups in total. The first-order valence-corrected chi connectivity index (χ1v) is 8.36. The molecular weight excluding hydrogens is 302 g/mol. The van der Waals surface area contributed by atoms with Gasteiger partial charge >= 0.3 is 0 Å². The molecule has 2 aromatic rings. The van der Waals surface area contributed by atoms with E-state index in [1.165, 1.54) is 9.75 Å². The Morgan fingerprint density at radius 2 is 2.00 bits per heavy atom. The molecule has 21 heavy (non-hydrogen) atoms. The van der Waals surface area contributed by atoms with Crippen molar-refractivity contribution in [3.8, 4) is 5.75 Å². The lowest BCUT2D eigenvalue weighted by atomic mass is 9.94. The summed E-state index contributed by atoms with van der Waals surface area (Å²) in [7, 11) is 0. The molecule has 1 aliphatic heterocycles. The van der Waals surface area contributed by atoms with Crippen LogP contribution in [0.25, 0.3) is 0 Å². The van der Waals surface area contributed by atoms with Crippen molar-refractivity contribution in [2.24, 2.45) is 5.73 Å². The van der Waals surface area contributed by atoms with Crippen LogP contribution < -0.4 is 10.5 Å². The highest BCUT2D eigenvalue weighted by atomic mass is 35.5. The van der Waals surface area contributed by atoms with Gasteiger partial charge in [0.2, 0.25) is 0 Å². The summed E-state index contributed by atoms with van der Waals surface area (Å²) in [5.41, 5.74) is 7.48. The maximum atomic E-state index is 6.30. The van der Waals surface area contributed by atoms with E-state index in [-0.39, 0.29) is 17.6 Å². The molecule has 0 aliphatic carbocycles. The Bertz CT molecular complexity index is 659. The van der Waals surface area contributed by atoms with Crippen molar-refractivity contribution in [2.75, 3.05) is 0 Å². The molecule has 3 rings (SSSR count). The standard InChI is InChI=1S/C17H20ClNOS/c1-17(2,3)16-7-6-15(21-16)14-9-12(19)11-8-10(18)4-5-13(11)20-14/h4-8,12,14H,9,19H2,1-3H3/t12-,14?/m1/s1. The third-order valence-electron chi connectivity index (χ3n) is 3.79. The van der Waals surface area contributed by atoms with Gasteiger partial charge in [0.05, 0.1) is 0 Å². The highest BCUT2D eigenvalue weighted by Crippen LogP contribution is 2.43. The van der Waals surface area contributed by atoms with Crippen LogP contribution in [0, 0.1) is 0 Å². The second-order valence-corrected chi connectivity index (χ2v) is 8.13. The second-order valence-electron chi connectivity index (χ2n) is 6.58. The van der Waals surface area contributed by atoms with Crippen LogP contribution in [-0.4, -0.2) is 0 Å². The van der Waals surface area contributed by atoms with Gasteiger partial charge in [-0.2, -0.15) is 0 Å². The predicted octanol–water partition coefficient (Wildman–Crippen LogP) is 5.22. The summed E-state index contributed by atoms with van der Waals surface area (Å²) in [5.74, 6) is 0.855. The number of halogens is 1. The average Bonchev–Trinajstić information content (AvgIpc) is 2.89. The highest BCUT2D eigenvalue weighted by Gasteiger charge is 2.29. The Hall–Kier alpha value is -1.03. The molecule has 4 heteroatoms. The fourth-order valence-electron chi connectivity index (χ4n) is 2.58. The summed E-state index contributed by atoms with van der Waals surface area (Å²) >= 11 is 7.86. The molecule has 0 saturated carbocycles. The largest absolute Gasteiger partial charge is 0.484 e. The number of hydrogen-bond donors (Lipinski definition) is 1. The summed E-state index contributed by atoms with van der Waals surface area (Å²) in [4.78, 5) is 2.62. The van der Waals surface area contributed by atoms with Crippen LogP contribution in [-0.2, 0) is 5.41 Å². The first kappa shape index (κ1) is 14.9. The molecule has 0 amide bonds. The van der Waals surface area contributed by atoms with Crippen molar-refractivity contribution in [3.05, 3.63) is 50.7 Å². The van der Waals surface area contributed by atoms with Crippen LogP contribution in [0.3, 0.4) is 0 Å². The molecule has 112 valence electrons. The number of fused-ring (bicyclic) bond motifs is 1. The molecule has 2 atom stereocenters. The van der Waals surface area contributed by atoms with Gasteiger partial charge in [-0.05, 0) is 35.7 Å². The van der Waals surface area contributed by atoms with Crippen LogP contribution in [0.15, 0.2) is 30.3 Å². The molecule has 2 heterocycles. The van der Waals surface area contributed by atoms with Crippen molar-refractivity contribution in [2.45, 2.75) is 44.8 Å². The summed E-state index contributed by atoms with van der Waals surface area (Å²) < 4.78 is 6.14. The number of nitrogens with two attached hydrogens (primary N) is 1. The van der Waals surface area contributed by atoms with E-state index < -0.39 is 0 Å². The minimum Gasteiger partial charge on any atom is -0.484 e. The molecule has 0 saturated heterocycles. The molecule has 1 aliphatic rings. The molecule has 0 radical (unpaired) electrons. The summed E-state index contributed by atoms with van der Waals surface area (Å²) in [6.07, 6.45) is 0.826. The monoisotopic (exact) mass is 321 g/mol. The van der Waals surface area contributed by atoms with Gasteiger partial charge in [0.25, 0.3) is 0 Å². The maximum Gasteiger partial charge on any atom is 0.135 e. The van der Waals surface area contributed by atoms with E-state index in [0.29, 0.717) is 5.02 Å². The maximum absolute atomic E-state index is 6.30. The Morgan fingerprint density at radius 1 is 1.24 bits per heavy atom. The Labute approximate surface area is 134 Å². The lowest BCUT2D eigenvalue weighted by Gasteiger charge is -2.30. The number of thiophene rings is 1. The molecule has 2 nitrogen and oxygen atoms in total. The Balaban J connectivity index is 1.89. The molecule has 0 spiro atoms. The van der Waals surface area contributed by atoms with Crippen molar-refractivity contribution in [3.63, 3.8) is 0 Å². The van der Waals surface area contributed by atoms with Crippen molar-refractivity contribution in [1.82, 2.24) is 0 Å². The zero-order valence-electron chi connectivity index (χ0n) is 12.5. The SMILES string of the molecule is CC(C)(C)c1ccc(C2C[C@@H](N)c3cc(Cl)ccc3O2)s1. The third kappa shape index (κ3) is 2.96. The van der Waals surface area contributed by atoms with E-state index in [1.807, 2.05) is 29.5 Å². The van der Waals surface area contributed by atoms with Crippen molar-refractivity contribution < 1.29 is 4.74 Å². The second kappa shape index (κ2) is 5.31. The smallest absolute Gasteiger partial charge is 0.135 e. The van der Waals surface area contributed by atoms with Gasteiger partial charge in [0, 0.05) is 32.8 Å². The predicted molar refractivity (Wildman–Crippen MR) is 89.4 cm³/mol. The lowest BCUT2D eigenvalue weighted by Crippen LogP contribution is -2.23. The van der Waals surface area contributed by atoms with Crippen LogP contribution >= 0.6 is 22.9 Å². The number of hydrogen-bond acceptors (Lipinski definition) is 3. The minimum atomic E-state index is -0.0300. The van der Waals surface area contributed by atoms with E-state index in [9.17, 15) is 0 Å². The first-order chi connectivity index (χ1) is 9.84. The van der Waals surface area contributed by atoms with E-state index in [0.717, 1.165) is 17.7 Å². The van der Waals surface area contributed by atoms with Gasteiger partial charge in [-0.15, -0.1) is 11.3 Å². The van der Waals surface area contributed by atoms with Gasteiger partial charge < -0.3 is 10.5 Å². The van der Waals surface area contributed by atoms with E-state index in [2.05, 4.69) is 32.9 Å². The van der Waals surface area contributed by atoms with E-state index >= 15 is 0 Å². The fourth-order valence-corrected chi connectivity index (χ4v) is 3.87. The topological polar surface area (TPSA) is 35.2 Å². The van der Waals surface area contributed by atoms with Gasteiger partial charge in [0.15, 0.2) is 0 Å². The zero-order chi connectivity index (χ0) is 15.2. The number of ether oxygens (including phenoxy) is 1.